The molecule has 174 valence electrons. The average Bonchev–Trinajstić information content (AvgIpc) is 2.73. The molecule has 3 atom stereocenters. The summed E-state index contributed by atoms with van der Waals surface area (Å²) in [5.41, 5.74) is 0.941. The van der Waals surface area contributed by atoms with Crippen LogP contribution in [-0.2, 0) is 25.5 Å². The van der Waals surface area contributed by atoms with Crippen molar-refractivity contribution in [2.24, 2.45) is 11.8 Å². The van der Waals surface area contributed by atoms with Crippen LogP contribution in [0.5, 0.6) is 0 Å². The fourth-order valence-corrected chi connectivity index (χ4v) is 3.41. The summed E-state index contributed by atoms with van der Waals surface area (Å²) in [5.74, 6) is -0.882. The maximum Gasteiger partial charge on any atom is 0.407 e. The summed E-state index contributed by atoms with van der Waals surface area (Å²) >= 11 is 0. The molecule has 1 aromatic rings. The maximum atomic E-state index is 13.1. The molecule has 0 aliphatic heterocycles. The van der Waals surface area contributed by atoms with Crippen LogP contribution in [0.25, 0.3) is 0 Å². The second-order valence-corrected chi connectivity index (χ2v) is 8.24. The third kappa shape index (κ3) is 10.6. The van der Waals surface area contributed by atoms with E-state index in [9.17, 15) is 19.5 Å². The zero-order valence-corrected chi connectivity index (χ0v) is 19.1. The lowest BCUT2D eigenvalue weighted by atomic mass is 9.84. The maximum absolute atomic E-state index is 13.1. The Hall–Kier alpha value is -2.25. The quantitative estimate of drug-likeness (QED) is 0.410. The molecule has 0 fully saturated rings. The first-order chi connectivity index (χ1) is 14.8. The summed E-state index contributed by atoms with van der Waals surface area (Å²) in [6, 6.07) is 8.72. The number of alkyl carbamates (subject to hydrolysis) is 1. The van der Waals surface area contributed by atoms with Gasteiger partial charge in [0.2, 0.25) is 0 Å². The molecule has 1 amide bonds. The molecule has 2 unspecified atom stereocenters. The molecule has 0 saturated carbocycles. The average molecular weight is 436 g/mol. The lowest BCUT2D eigenvalue weighted by Gasteiger charge is -2.25. The monoisotopic (exact) mass is 435 g/mol. The standard InChI is InChI=1S/C24H37NO6/c1-5-9-21(26)23(28)19(15-18-10-7-6-8-11-18)16-22(27)20(14-17(2)3)25-24(29)31-13-12-30-4/h6-8,10-11,17,19-20,23,28H,5,9,12-16H2,1-4H3,(H,25,29)/t19?,20-,23?/m0/s1. The van der Waals surface area contributed by atoms with Gasteiger partial charge in [0.25, 0.3) is 0 Å². The number of methoxy groups -OCH3 is 1. The zero-order valence-electron chi connectivity index (χ0n) is 19.1. The molecular weight excluding hydrogens is 398 g/mol. The predicted octanol–water partition coefficient (Wildman–Crippen LogP) is 3.32. The molecule has 0 saturated heterocycles. The Morgan fingerprint density at radius 2 is 1.74 bits per heavy atom. The van der Waals surface area contributed by atoms with E-state index in [4.69, 9.17) is 9.47 Å². The molecule has 7 heteroatoms. The minimum Gasteiger partial charge on any atom is -0.447 e. The van der Waals surface area contributed by atoms with Gasteiger partial charge in [-0.1, -0.05) is 51.1 Å². The van der Waals surface area contributed by atoms with E-state index < -0.39 is 24.2 Å². The number of ether oxygens (including phenoxy) is 2. The summed E-state index contributed by atoms with van der Waals surface area (Å²) in [4.78, 5) is 37.6. The molecule has 2 N–H and O–H groups in total. The van der Waals surface area contributed by atoms with Gasteiger partial charge in [0.1, 0.15) is 12.7 Å². The highest BCUT2D eigenvalue weighted by molar-refractivity contribution is 5.89. The van der Waals surface area contributed by atoms with Gasteiger partial charge in [0.05, 0.1) is 12.6 Å². The summed E-state index contributed by atoms with van der Waals surface area (Å²) in [7, 11) is 1.50. The van der Waals surface area contributed by atoms with E-state index in [1.165, 1.54) is 7.11 Å². The number of hydrogen-bond donors (Lipinski definition) is 2. The minimum absolute atomic E-state index is 0.0126. The number of carbonyl (C=O) groups excluding carboxylic acids is 3. The molecule has 0 aliphatic rings. The highest BCUT2D eigenvalue weighted by Gasteiger charge is 2.31. The number of Topliss-reactive ketones (excluding diaryl/α,β-unsaturated/α-hetero) is 2. The molecule has 0 radical (unpaired) electrons. The van der Waals surface area contributed by atoms with Gasteiger partial charge >= 0.3 is 6.09 Å². The van der Waals surface area contributed by atoms with Gasteiger partial charge in [0, 0.05) is 25.9 Å². The number of aliphatic hydroxyl groups excluding tert-OH is 1. The molecule has 1 aromatic carbocycles. The molecule has 0 heterocycles. The molecule has 1 rings (SSSR count). The lowest BCUT2D eigenvalue weighted by Crippen LogP contribution is -2.44. The van der Waals surface area contributed by atoms with Crippen molar-refractivity contribution in [2.75, 3.05) is 20.3 Å². The van der Waals surface area contributed by atoms with Crippen LogP contribution in [0, 0.1) is 11.8 Å². The summed E-state index contributed by atoms with van der Waals surface area (Å²) in [6.45, 7) is 6.14. The minimum atomic E-state index is -1.22. The molecule has 0 aliphatic carbocycles. The summed E-state index contributed by atoms with van der Waals surface area (Å²) < 4.78 is 9.89. The molecule has 0 aromatic heterocycles. The number of benzene rings is 1. The summed E-state index contributed by atoms with van der Waals surface area (Å²) in [6.07, 6.45) is -0.185. The van der Waals surface area contributed by atoms with Crippen molar-refractivity contribution in [3.8, 4) is 0 Å². The van der Waals surface area contributed by atoms with Crippen LogP contribution in [-0.4, -0.2) is 55.2 Å². The van der Waals surface area contributed by atoms with E-state index in [0.717, 1.165) is 5.56 Å². The third-order valence-corrected chi connectivity index (χ3v) is 4.99. The Balaban J connectivity index is 2.93. The predicted molar refractivity (Wildman–Crippen MR) is 119 cm³/mol. The smallest absolute Gasteiger partial charge is 0.407 e. The van der Waals surface area contributed by atoms with E-state index in [1.54, 1.807) is 0 Å². The van der Waals surface area contributed by atoms with Crippen LogP contribution in [0.4, 0.5) is 4.79 Å². The second-order valence-electron chi connectivity index (χ2n) is 8.24. The van der Waals surface area contributed by atoms with Crippen LogP contribution in [0.1, 0.15) is 52.0 Å². The first kappa shape index (κ1) is 26.8. The Labute approximate surface area is 185 Å². The van der Waals surface area contributed by atoms with Gasteiger partial charge in [-0.3, -0.25) is 9.59 Å². The van der Waals surface area contributed by atoms with Gasteiger partial charge in [-0.2, -0.15) is 0 Å². The van der Waals surface area contributed by atoms with E-state index in [0.29, 0.717) is 19.3 Å². The number of carbonyl (C=O) groups is 3. The fourth-order valence-electron chi connectivity index (χ4n) is 3.41. The van der Waals surface area contributed by atoms with E-state index >= 15 is 0 Å². The van der Waals surface area contributed by atoms with Gasteiger partial charge in [0.15, 0.2) is 11.6 Å². The number of aliphatic hydroxyl groups is 1. The van der Waals surface area contributed by atoms with Crippen LogP contribution in [0.15, 0.2) is 30.3 Å². The Kier molecular flexibility index (Phi) is 12.7. The van der Waals surface area contributed by atoms with Gasteiger partial charge < -0.3 is 19.9 Å². The fraction of sp³-hybridized carbons (Fsp3) is 0.625. The van der Waals surface area contributed by atoms with Crippen molar-refractivity contribution in [2.45, 2.75) is 65.0 Å². The van der Waals surface area contributed by atoms with Gasteiger partial charge in [-0.25, -0.2) is 4.79 Å². The van der Waals surface area contributed by atoms with Crippen molar-refractivity contribution < 1.29 is 29.0 Å². The highest BCUT2D eigenvalue weighted by atomic mass is 16.6. The first-order valence-corrected chi connectivity index (χ1v) is 11.0. The highest BCUT2D eigenvalue weighted by Crippen LogP contribution is 2.21. The number of hydrogen-bond acceptors (Lipinski definition) is 6. The Bertz CT molecular complexity index is 676. The lowest BCUT2D eigenvalue weighted by molar-refractivity contribution is -0.131. The van der Waals surface area contributed by atoms with Crippen molar-refractivity contribution in [3.05, 3.63) is 35.9 Å². The number of ketones is 2. The molecular formula is C24H37NO6. The number of nitrogens with one attached hydrogen (secondary N) is 1. The van der Waals surface area contributed by atoms with Gasteiger partial charge in [-0.15, -0.1) is 0 Å². The Morgan fingerprint density at radius 3 is 2.32 bits per heavy atom. The van der Waals surface area contributed by atoms with Crippen molar-refractivity contribution >= 4 is 17.7 Å². The molecule has 7 nitrogen and oxygen atoms in total. The van der Waals surface area contributed by atoms with Crippen molar-refractivity contribution in [1.82, 2.24) is 5.32 Å². The Morgan fingerprint density at radius 1 is 1.06 bits per heavy atom. The van der Waals surface area contributed by atoms with Gasteiger partial charge in [-0.05, 0) is 30.7 Å². The van der Waals surface area contributed by atoms with Crippen molar-refractivity contribution in [3.63, 3.8) is 0 Å². The van der Waals surface area contributed by atoms with E-state index in [-0.39, 0.29) is 43.5 Å². The SMILES string of the molecule is CCCC(=O)C(O)C(CC(=O)[C@H](CC(C)C)NC(=O)OCCOC)Cc1ccccc1. The zero-order chi connectivity index (χ0) is 23.2. The topological polar surface area (TPSA) is 102 Å². The largest absolute Gasteiger partial charge is 0.447 e. The van der Waals surface area contributed by atoms with E-state index in [2.05, 4.69) is 5.32 Å². The number of amides is 1. The van der Waals surface area contributed by atoms with Crippen LogP contribution in [0.2, 0.25) is 0 Å². The second kappa shape index (κ2) is 14.7. The van der Waals surface area contributed by atoms with Crippen LogP contribution < -0.4 is 5.32 Å². The van der Waals surface area contributed by atoms with Crippen LogP contribution in [0.3, 0.4) is 0 Å². The molecule has 31 heavy (non-hydrogen) atoms. The molecule has 0 spiro atoms. The third-order valence-electron chi connectivity index (χ3n) is 4.99. The van der Waals surface area contributed by atoms with Crippen LogP contribution >= 0.6 is 0 Å². The normalized spacial score (nSPS) is 14.0. The molecule has 0 bridgehead atoms. The van der Waals surface area contributed by atoms with Crippen molar-refractivity contribution in [1.29, 1.82) is 0 Å². The summed E-state index contributed by atoms with van der Waals surface area (Å²) in [5, 5.41) is 13.3. The number of rotatable bonds is 15. The van der Waals surface area contributed by atoms with E-state index in [1.807, 2.05) is 51.1 Å². The first-order valence-electron chi connectivity index (χ1n) is 11.0.